The first-order valence-electron chi connectivity index (χ1n) is 11.9. The van der Waals surface area contributed by atoms with E-state index in [1.807, 2.05) is 38.1 Å². The number of para-hydroxylation sites is 1. The third kappa shape index (κ3) is 8.85. The van der Waals surface area contributed by atoms with Crippen molar-refractivity contribution in [2.45, 2.75) is 59.0 Å². The van der Waals surface area contributed by atoms with E-state index < -0.39 is 16.1 Å². The molecule has 0 aliphatic heterocycles. The Morgan fingerprint density at radius 3 is 2.31 bits per heavy atom. The van der Waals surface area contributed by atoms with Crippen LogP contribution in [0.15, 0.2) is 48.5 Å². The Bertz CT molecular complexity index is 1090. The monoisotopic (exact) mass is 521 g/mol. The standard InChI is InChI=1S/C26H36ClN3O4S/c1-5-6-17-28-26(32)21(3)29(19-22-13-15-23(27)16-14-22)25(31)12-9-18-30(35(4,33)34)24-11-8-7-10-20(24)2/h7-8,10-11,13-16,21H,5-6,9,12,17-19H2,1-4H3,(H,28,32). The molecule has 7 nitrogen and oxygen atoms in total. The molecule has 35 heavy (non-hydrogen) atoms. The average Bonchev–Trinajstić information content (AvgIpc) is 2.81. The molecule has 0 aromatic heterocycles. The molecule has 2 aromatic rings. The summed E-state index contributed by atoms with van der Waals surface area (Å²) in [5, 5.41) is 3.49. The number of nitrogens with one attached hydrogen (secondary N) is 1. The lowest BCUT2D eigenvalue weighted by Gasteiger charge is -2.29. The molecule has 0 aliphatic rings. The van der Waals surface area contributed by atoms with Gasteiger partial charge in [0.05, 0.1) is 11.9 Å². The van der Waals surface area contributed by atoms with Crippen molar-refractivity contribution < 1.29 is 18.0 Å². The molecule has 0 saturated heterocycles. The van der Waals surface area contributed by atoms with Crippen molar-refractivity contribution in [3.05, 3.63) is 64.7 Å². The number of anilines is 1. The lowest BCUT2D eigenvalue weighted by molar-refractivity contribution is -0.140. The van der Waals surface area contributed by atoms with Crippen LogP contribution >= 0.6 is 11.6 Å². The summed E-state index contributed by atoms with van der Waals surface area (Å²) in [7, 11) is -3.52. The molecule has 192 valence electrons. The summed E-state index contributed by atoms with van der Waals surface area (Å²) in [6.45, 7) is 6.59. The summed E-state index contributed by atoms with van der Waals surface area (Å²) in [5.74, 6) is -0.422. The van der Waals surface area contributed by atoms with Gasteiger partial charge in [-0.2, -0.15) is 0 Å². The van der Waals surface area contributed by atoms with Gasteiger partial charge in [0.25, 0.3) is 0 Å². The van der Waals surface area contributed by atoms with Crippen molar-refractivity contribution in [3.8, 4) is 0 Å². The molecule has 0 bridgehead atoms. The zero-order chi connectivity index (χ0) is 26.0. The van der Waals surface area contributed by atoms with E-state index in [0.29, 0.717) is 23.7 Å². The number of carbonyl (C=O) groups is 2. The van der Waals surface area contributed by atoms with Crippen molar-refractivity contribution in [2.24, 2.45) is 0 Å². The van der Waals surface area contributed by atoms with Crippen LogP contribution in [0.25, 0.3) is 0 Å². The number of unbranched alkanes of at least 4 members (excludes halogenated alkanes) is 1. The number of amides is 2. The topological polar surface area (TPSA) is 86.8 Å². The van der Waals surface area contributed by atoms with Gasteiger partial charge >= 0.3 is 0 Å². The highest BCUT2D eigenvalue weighted by Crippen LogP contribution is 2.23. The molecule has 0 spiro atoms. The van der Waals surface area contributed by atoms with Gasteiger partial charge < -0.3 is 10.2 Å². The summed E-state index contributed by atoms with van der Waals surface area (Å²) in [4.78, 5) is 27.6. The Labute approximate surface area is 214 Å². The maximum Gasteiger partial charge on any atom is 0.242 e. The van der Waals surface area contributed by atoms with Gasteiger partial charge in [-0.05, 0) is 56.0 Å². The average molecular weight is 522 g/mol. The minimum Gasteiger partial charge on any atom is -0.354 e. The number of benzene rings is 2. The molecule has 1 N–H and O–H groups in total. The SMILES string of the molecule is CCCCNC(=O)C(C)N(Cc1ccc(Cl)cc1)C(=O)CCCN(c1ccccc1C)S(C)(=O)=O. The summed E-state index contributed by atoms with van der Waals surface area (Å²) in [6, 6.07) is 13.7. The van der Waals surface area contributed by atoms with Gasteiger partial charge in [0, 0.05) is 31.1 Å². The first kappa shape index (κ1) is 28.7. The maximum absolute atomic E-state index is 13.3. The number of nitrogens with zero attached hydrogens (tertiary/aromatic N) is 2. The van der Waals surface area contributed by atoms with Crippen molar-refractivity contribution in [1.82, 2.24) is 10.2 Å². The third-order valence-electron chi connectivity index (χ3n) is 5.80. The molecular formula is C26H36ClN3O4S. The lowest BCUT2D eigenvalue weighted by atomic mass is 10.1. The van der Waals surface area contributed by atoms with Crippen LogP contribution in [0.3, 0.4) is 0 Å². The second-order valence-corrected chi connectivity index (χ2v) is 11.0. The molecule has 2 aromatic carbocycles. The highest BCUT2D eigenvalue weighted by atomic mass is 35.5. The first-order chi connectivity index (χ1) is 16.5. The number of hydrogen-bond acceptors (Lipinski definition) is 4. The van der Waals surface area contributed by atoms with Crippen LogP contribution in [0.2, 0.25) is 5.02 Å². The van der Waals surface area contributed by atoms with Crippen LogP contribution < -0.4 is 9.62 Å². The van der Waals surface area contributed by atoms with E-state index in [-0.39, 0.29) is 31.3 Å². The largest absolute Gasteiger partial charge is 0.354 e. The van der Waals surface area contributed by atoms with Gasteiger partial charge in [-0.3, -0.25) is 13.9 Å². The highest BCUT2D eigenvalue weighted by molar-refractivity contribution is 7.92. The van der Waals surface area contributed by atoms with Crippen molar-refractivity contribution in [2.75, 3.05) is 23.7 Å². The van der Waals surface area contributed by atoms with Crippen LogP contribution in [0.4, 0.5) is 5.69 Å². The molecule has 0 aliphatic carbocycles. The lowest BCUT2D eigenvalue weighted by Crippen LogP contribution is -2.48. The van der Waals surface area contributed by atoms with Gasteiger partial charge in [-0.15, -0.1) is 0 Å². The predicted octanol–water partition coefficient (Wildman–Crippen LogP) is 4.53. The van der Waals surface area contributed by atoms with E-state index in [2.05, 4.69) is 5.32 Å². The van der Waals surface area contributed by atoms with Gasteiger partial charge in [0.2, 0.25) is 21.8 Å². The van der Waals surface area contributed by atoms with Gasteiger partial charge in [0.15, 0.2) is 0 Å². The summed E-state index contributed by atoms with van der Waals surface area (Å²) < 4.78 is 26.2. The van der Waals surface area contributed by atoms with Crippen LogP contribution in [0, 0.1) is 6.92 Å². The zero-order valence-corrected chi connectivity index (χ0v) is 22.5. The smallest absolute Gasteiger partial charge is 0.242 e. The minimum absolute atomic E-state index is 0.109. The Hall–Kier alpha value is -2.58. The van der Waals surface area contributed by atoms with Crippen LogP contribution in [-0.2, 0) is 26.2 Å². The molecule has 0 saturated carbocycles. The number of sulfonamides is 1. The summed E-state index contributed by atoms with van der Waals surface area (Å²) in [6.07, 6.45) is 3.42. The van der Waals surface area contributed by atoms with E-state index in [4.69, 9.17) is 11.6 Å². The van der Waals surface area contributed by atoms with Gasteiger partial charge in [-0.1, -0.05) is 55.3 Å². The molecule has 0 heterocycles. The predicted molar refractivity (Wildman–Crippen MR) is 142 cm³/mol. The molecule has 0 fully saturated rings. The number of carbonyl (C=O) groups excluding carboxylic acids is 2. The van der Waals surface area contributed by atoms with E-state index >= 15 is 0 Å². The fourth-order valence-corrected chi connectivity index (χ4v) is 4.88. The van der Waals surface area contributed by atoms with Crippen molar-refractivity contribution in [1.29, 1.82) is 0 Å². The van der Waals surface area contributed by atoms with E-state index in [9.17, 15) is 18.0 Å². The number of rotatable bonds is 13. The van der Waals surface area contributed by atoms with Crippen LogP contribution in [0.1, 0.15) is 50.7 Å². The Morgan fingerprint density at radius 1 is 1.06 bits per heavy atom. The van der Waals surface area contributed by atoms with Crippen LogP contribution in [0.5, 0.6) is 0 Å². The minimum atomic E-state index is -3.52. The van der Waals surface area contributed by atoms with E-state index in [1.165, 1.54) is 4.31 Å². The molecule has 1 atom stereocenters. The molecular weight excluding hydrogens is 486 g/mol. The second kappa shape index (κ2) is 13.5. The zero-order valence-electron chi connectivity index (χ0n) is 21.0. The second-order valence-electron chi connectivity index (χ2n) is 8.69. The van der Waals surface area contributed by atoms with Gasteiger partial charge in [0.1, 0.15) is 6.04 Å². The Morgan fingerprint density at radius 2 is 1.71 bits per heavy atom. The normalized spacial score (nSPS) is 12.1. The molecule has 9 heteroatoms. The maximum atomic E-state index is 13.3. The van der Waals surface area contributed by atoms with Crippen LogP contribution in [-0.4, -0.2) is 50.5 Å². The molecule has 0 radical (unpaired) electrons. The molecule has 2 amide bonds. The molecule has 2 rings (SSSR count). The summed E-state index contributed by atoms with van der Waals surface area (Å²) >= 11 is 5.99. The fraction of sp³-hybridized carbons (Fsp3) is 0.462. The van der Waals surface area contributed by atoms with Crippen molar-refractivity contribution >= 4 is 39.1 Å². The Balaban J connectivity index is 2.14. The van der Waals surface area contributed by atoms with E-state index in [0.717, 1.165) is 30.2 Å². The highest BCUT2D eigenvalue weighted by Gasteiger charge is 2.26. The third-order valence-corrected chi connectivity index (χ3v) is 7.23. The first-order valence-corrected chi connectivity index (χ1v) is 14.1. The fourth-order valence-electron chi connectivity index (χ4n) is 3.73. The van der Waals surface area contributed by atoms with E-state index in [1.54, 1.807) is 36.1 Å². The van der Waals surface area contributed by atoms with Crippen molar-refractivity contribution in [3.63, 3.8) is 0 Å². The number of hydrogen-bond donors (Lipinski definition) is 1. The quantitative estimate of drug-likeness (QED) is 0.392. The number of aryl methyl sites for hydroxylation is 1. The Kier molecular flexibility index (Phi) is 11.0. The molecule has 1 unspecified atom stereocenters. The van der Waals surface area contributed by atoms with Gasteiger partial charge in [-0.25, -0.2) is 8.42 Å². The summed E-state index contributed by atoms with van der Waals surface area (Å²) in [5.41, 5.74) is 2.30. The number of halogens is 1.